The number of aromatic nitrogens is 3. The fourth-order valence-corrected chi connectivity index (χ4v) is 1.90. The number of carboxylic acid groups (broad SMARTS) is 1. The lowest BCUT2D eigenvalue weighted by atomic mass is 10.1. The molecule has 100 valence electrons. The number of H-pyrrole nitrogens is 1. The second-order valence-corrected chi connectivity index (χ2v) is 4.33. The molecule has 6 heteroatoms. The minimum Gasteiger partial charge on any atom is -0.477 e. The summed E-state index contributed by atoms with van der Waals surface area (Å²) in [4.78, 5) is 15.1. The van der Waals surface area contributed by atoms with Crippen LogP contribution in [0.5, 0.6) is 11.8 Å². The van der Waals surface area contributed by atoms with Crippen molar-refractivity contribution in [3.63, 3.8) is 0 Å². The average Bonchev–Trinajstić information content (AvgIpc) is 2.84. The Balaban J connectivity index is 2.14. The van der Waals surface area contributed by atoms with Gasteiger partial charge in [0.05, 0.1) is 0 Å². The van der Waals surface area contributed by atoms with Gasteiger partial charge in [0, 0.05) is 17.1 Å². The van der Waals surface area contributed by atoms with Gasteiger partial charge in [-0.25, -0.2) is 9.78 Å². The molecule has 0 aliphatic heterocycles. The molecule has 0 fully saturated rings. The highest BCUT2D eigenvalue weighted by Gasteiger charge is 2.13. The summed E-state index contributed by atoms with van der Waals surface area (Å²) in [5.41, 5.74) is 0.782. The molecule has 0 aliphatic carbocycles. The number of aryl methyl sites for hydroxylation is 1. The Kier molecular flexibility index (Phi) is 2.83. The molecule has 0 saturated heterocycles. The lowest BCUT2D eigenvalue weighted by molar-refractivity contribution is 0.0690. The largest absolute Gasteiger partial charge is 0.477 e. The molecule has 0 atom stereocenters. The zero-order valence-electron chi connectivity index (χ0n) is 10.6. The van der Waals surface area contributed by atoms with E-state index in [-0.39, 0.29) is 11.6 Å². The summed E-state index contributed by atoms with van der Waals surface area (Å²) < 4.78 is 5.59. The molecule has 2 heterocycles. The van der Waals surface area contributed by atoms with Gasteiger partial charge in [0.15, 0.2) is 5.69 Å². The highest BCUT2D eigenvalue weighted by molar-refractivity contribution is 5.94. The second-order valence-electron chi connectivity index (χ2n) is 4.33. The number of ether oxygens (including phenoxy) is 1. The van der Waals surface area contributed by atoms with Crippen LogP contribution in [0.3, 0.4) is 0 Å². The number of fused-ring (bicyclic) bond motifs is 1. The number of carbonyl (C=O) groups is 1. The van der Waals surface area contributed by atoms with Crippen LogP contribution in [0.4, 0.5) is 0 Å². The van der Waals surface area contributed by atoms with Gasteiger partial charge in [0.2, 0.25) is 11.8 Å². The van der Waals surface area contributed by atoms with Crippen molar-refractivity contribution in [2.75, 3.05) is 0 Å². The molecule has 0 bridgehead atoms. The lowest BCUT2D eigenvalue weighted by Gasteiger charge is -2.06. The molecule has 3 rings (SSSR count). The number of hydrogen-bond acceptors (Lipinski definition) is 4. The quantitative estimate of drug-likeness (QED) is 0.763. The van der Waals surface area contributed by atoms with E-state index in [0.29, 0.717) is 5.88 Å². The van der Waals surface area contributed by atoms with E-state index in [1.165, 1.54) is 6.07 Å². The predicted molar refractivity (Wildman–Crippen MR) is 72.1 cm³/mol. The van der Waals surface area contributed by atoms with Crippen molar-refractivity contribution in [3.8, 4) is 11.8 Å². The van der Waals surface area contributed by atoms with Gasteiger partial charge < -0.3 is 9.84 Å². The average molecular weight is 269 g/mol. The third-order valence-corrected chi connectivity index (χ3v) is 2.81. The van der Waals surface area contributed by atoms with Gasteiger partial charge in [-0.2, -0.15) is 0 Å². The normalized spacial score (nSPS) is 10.7. The lowest BCUT2D eigenvalue weighted by Crippen LogP contribution is -2.02. The van der Waals surface area contributed by atoms with Gasteiger partial charge in [-0.05, 0) is 24.4 Å². The van der Waals surface area contributed by atoms with Gasteiger partial charge in [0.25, 0.3) is 0 Å². The van der Waals surface area contributed by atoms with Crippen molar-refractivity contribution in [1.29, 1.82) is 0 Å². The molecule has 0 saturated carbocycles. The minimum atomic E-state index is -1.10. The summed E-state index contributed by atoms with van der Waals surface area (Å²) >= 11 is 0. The number of aromatic amines is 1. The van der Waals surface area contributed by atoms with E-state index in [4.69, 9.17) is 9.84 Å². The van der Waals surface area contributed by atoms with Crippen molar-refractivity contribution in [2.45, 2.75) is 6.92 Å². The van der Waals surface area contributed by atoms with Gasteiger partial charge in [-0.3, -0.25) is 5.10 Å². The molecule has 1 aromatic carbocycles. The summed E-state index contributed by atoms with van der Waals surface area (Å²) in [5.74, 6) is -0.520. The van der Waals surface area contributed by atoms with E-state index in [9.17, 15) is 4.79 Å². The van der Waals surface area contributed by atoms with Crippen molar-refractivity contribution in [2.24, 2.45) is 0 Å². The van der Waals surface area contributed by atoms with Crippen LogP contribution >= 0.6 is 0 Å². The highest BCUT2D eigenvalue weighted by Crippen LogP contribution is 2.28. The third kappa shape index (κ3) is 2.18. The monoisotopic (exact) mass is 269 g/mol. The maximum Gasteiger partial charge on any atom is 0.354 e. The summed E-state index contributed by atoms with van der Waals surface area (Å²) in [6, 6.07) is 10.5. The van der Waals surface area contributed by atoms with Crippen molar-refractivity contribution >= 4 is 16.7 Å². The standard InChI is InChI=1S/C14H11N3O3/c1-8-6-12(17-16-8)20-13-10-5-3-2-4-9(10)7-11(15-13)14(18)19/h2-7H,1H3,(H,16,17)(H,18,19). The predicted octanol–water partition coefficient (Wildman–Crippen LogP) is 2.76. The van der Waals surface area contributed by atoms with Crippen LogP contribution in [0.1, 0.15) is 16.2 Å². The van der Waals surface area contributed by atoms with Gasteiger partial charge in [-0.1, -0.05) is 18.2 Å². The molecule has 2 N–H and O–H groups in total. The first-order chi connectivity index (χ1) is 9.63. The van der Waals surface area contributed by atoms with Crippen LogP contribution in [0.25, 0.3) is 10.8 Å². The van der Waals surface area contributed by atoms with E-state index in [1.54, 1.807) is 6.07 Å². The maximum absolute atomic E-state index is 11.1. The molecule has 6 nitrogen and oxygen atoms in total. The molecule has 0 unspecified atom stereocenters. The molecule has 0 aliphatic rings. The molecular weight excluding hydrogens is 258 g/mol. The van der Waals surface area contributed by atoms with Crippen molar-refractivity contribution in [1.82, 2.24) is 15.2 Å². The second kappa shape index (κ2) is 4.65. The van der Waals surface area contributed by atoms with E-state index in [1.807, 2.05) is 31.2 Å². The Morgan fingerprint density at radius 2 is 2.10 bits per heavy atom. The number of nitrogens with zero attached hydrogens (tertiary/aromatic N) is 2. The van der Waals surface area contributed by atoms with Gasteiger partial charge in [-0.15, -0.1) is 5.10 Å². The summed E-state index contributed by atoms with van der Waals surface area (Å²) in [5, 5.41) is 17.3. The van der Waals surface area contributed by atoms with E-state index in [0.717, 1.165) is 16.5 Å². The Bertz CT molecular complexity index is 795. The number of rotatable bonds is 3. The summed E-state index contributed by atoms with van der Waals surface area (Å²) in [6.07, 6.45) is 0. The molecule has 0 amide bonds. The molecule has 0 radical (unpaired) electrons. The fraction of sp³-hybridized carbons (Fsp3) is 0.0714. The van der Waals surface area contributed by atoms with Crippen LogP contribution in [-0.4, -0.2) is 26.3 Å². The van der Waals surface area contributed by atoms with Crippen LogP contribution in [0.15, 0.2) is 36.4 Å². The number of nitrogens with one attached hydrogen (secondary N) is 1. The zero-order chi connectivity index (χ0) is 14.1. The Morgan fingerprint density at radius 3 is 2.80 bits per heavy atom. The number of carboxylic acids is 1. The highest BCUT2D eigenvalue weighted by atomic mass is 16.5. The van der Waals surface area contributed by atoms with Crippen molar-refractivity contribution in [3.05, 3.63) is 47.8 Å². The number of aromatic carboxylic acids is 1. The molecule has 0 spiro atoms. The Morgan fingerprint density at radius 1 is 1.30 bits per heavy atom. The Labute approximate surface area is 114 Å². The molecule has 3 aromatic rings. The van der Waals surface area contributed by atoms with Crippen LogP contribution in [0, 0.1) is 6.92 Å². The van der Waals surface area contributed by atoms with Crippen LogP contribution in [0.2, 0.25) is 0 Å². The van der Waals surface area contributed by atoms with E-state index >= 15 is 0 Å². The fourth-order valence-electron chi connectivity index (χ4n) is 1.90. The SMILES string of the molecule is Cc1cc(Oc2nc(C(=O)O)cc3ccccc23)n[nH]1. The first-order valence-electron chi connectivity index (χ1n) is 5.96. The smallest absolute Gasteiger partial charge is 0.354 e. The topological polar surface area (TPSA) is 88.1 Å². The minimum absolute atomic E-state index is 0.0639. The number of benzene rings is 1. The van der Waals surface area contributed by atoms with Gasteiger partial charge >= 0.3 is 5.97 Å². The third-order valence-electron chi connectivity index (χ3n) is 2.81. The first kappa shape index (κ1) is 12.2. The molecule has 20 heavy (non-hydrogen) atoms. The number of pyridine rings is 1. The first-order valence-corrected chi connectivity index (χ1v) is 5.96. The summed E-state index contributed by atoms with van der Waals surface area (Å²) in [6.45, 7) is 1.85. The summed E-state index contributed by atoms with van der Waals surface area (Å²) in [7, 11) is 0. The van der Waals surface area contributed by atoms with Crippen molar-refractivity contribution < 1.29 is 14.6 Å². The maximum atomic E-state index is 11.1. The van der Waals surface area contributed by atoms with Crippen LogP contribution < -0.4 is 4.74 Å². The molecule has 2 aromatic heterocycles. The number of hydrogen-bond donors (Lipinski definition) is 2. The van der Waals surface area contributed by atoms with E-state index in [2.05, 4.69) is 15.2 Å². The van der Waals surface area contributed by atoms with Crippen LogP contribution in [-0.2, 0) is 0 Å². The Hall–Kier alpha value is -2.89. The molecular formula is C14H11N3O3. The van der Waals surface area contributed by atoms with Gasteiger partial charge in [0.1, 0.15) is 0 Å². The van der Waals surface area contributed by atoms with E-state index < -0.39 is 5.97 Å². The zero-order valence-corrected chi connectivity index (χ0v) is 10.6.